The summed E-state index contributed by atoms with van der Waals surface area (Å²) in [5.41, 5.74) is 0.947. The maximum Gasteiger partial charge on any atom is 0.139 e. The van der Waals surface area contributed by atoms with Gasteiger partial charge in [0.1, 0.15) is 17.9 Å². The summed E-state index contributed by atoms with van der Waals surface area (Å²) in [5, 5.41) is 1.11. The zero-order valence-corrected chi connectivity index (χ0v) is 11.5. The minimum atomic E-state index is 0.827. The van der Waals surface area contributed by atoms with Gasteiger partial charge in [-0.05, 0) is 24.5 Å². The van der Waals surface area contributed by atoms with Crippen molar-refractivity contribution >= 4 is 16.7 Å². The Hall–Kier alpha value is -1.84. The Morgan fingerprint density at radius 1 is 1.32 bits per heavy atom. The number of fused-ring (bicyclic) bond motifs is 1. The van der Waals surface area contributed by atoms with Crippen LogP contribution < -0.4 is 9.64 Å². The van der Waals surface area contributed by atoms with E-state index in [9.17, 15) is 0 Å². The number of benzene rings is 1. The first-order valence-electron chi connectivity index (χ1n) is 6.85. The van der Waals surface area contributed by atoms with Crippen molar-refractivity contribution in [3.63, 3.8) is 0 Å². The number of anilines is 1. The van der Waals surface area contributed by atoms with Crippen LogP contribution in [-0.2, 0) is 0 Å². The van der Waals surface area contributed by atoms with Gasteiger partial charge in [0.15, 0.2) is 0 Å². The van der Waals surface area contributed by atoms with Crippen molar-refractivity contribution < 1.29 is 4.74 Å². The smallest absolute Gasteiger partial charge is 0.139 e. The molecule has 1 aromatic carbocycles. The standard InChI is InChI=1S/C15H19N3O/c1-3-4-11-8-18(9-11)15-13-6-5-12(19-2)7-14(13)16-10-17-15/h5-7,10-11H,3-4,8-9H2,1-2H3. The van der Waals surface area contributed by atoms with E-state index < -0.39 is 0 Å². The number of aromatic nitrogens is 2. The SMILES string of the molecule is CCCC1CN(c2ncnc3cc(OC)ccc23)C1. The summed E-state index contributed by atoms with van der Waals surface area (Å²) in [4.78, 5) is 11.1. The molecule has 0 spiro atoms. The summed E-state index contributed by atoms with van der Waals surface area (Å²) in [6, 6.07) is 5.99. The summed E-state index contributed by atoms with van der Waals surface area (Å²) >= 11 is 0. The zero-order valence-electron chi connectivity index (χ0n) is 11.5. The molecule has 0 unspecified atom stereocenters. The molecule has 1 saturated heterocycles. The third-order valence-corrected chi connectivity index (χ3v) is 3.78. The van der Waals surface area contributed by atoms with E-state index in [1.54, 1.807) is 13.4 Å². The first-order chi connectivity index (χ1) is 9.31. The largest absolute Gasteiger partial charge is 0.497 e. The predicted molar refractivity (Wildman–Crippen MR) is 76.7 cm³/mol. The Labute approximate surface area is 113 Å². The van der Waals surface area contributed by atoms with Gasteiger partial charge in [0.25, 0.3) is 0 Å². The van der Waals surface area contributed by atoms with Gasteiger partial charge in [-0.15, -0.1) is 0 Å². The summed E-state index contributed by atoms with van der Waals surface area (Å²) in [7, 11) is 1.67. The Balaban J connectivity index is 1.88. The number of methoxy groups -OCH3 is 1. The van der Waals surface area contributed by atoms with Crippen molar-refractivity contribution in [1.82, 2.24) is 9.97 Å². The highest BCUT2D eigenvalue weighted by Gasteiger charge is 2.28. The number of rotatable bonds is 4. The molecule has 1 aromatic heterocycles. The van der Waals surface area contributed by atoms with Crippen molar-refractivity contribution in [3.8, 4) is 5.75 Å². The van der Waals surface area contributed by atoms with Crippen LogP contribution in [0.25, 0.3) is 10.9 Å². The summed E-state index contributed by atoms with van der Waals surface area (Å²) in [6.45, 7) is 4.48. The van der Waals surface area contributed by atoms with Crippen LogP contribution in [-0.4, -0.2) is 30.2 Å². The average Bonchev–Trinajstić information content (AvgIpc) is 2.41. The van der Waals surface area contributed by atoms with Gasteiger partial charge in [-0.2, -0.15) is 0 Å². The van der Waals surface area contributed by atoms with E-state index >= 15 is 0 Å². The van der Waals surface area contributed by atoms with E-state index in [0.29, 0.717) is 0 Å². The number of ether oxygens (including phenoxy) is 1. The van der Waals surface area contributed by atoms with E-state index in [2.05, 4.69) is 27.9 Å². The molecule has 1 aliphatic heterocycles. The minimum absolute atomic E-state index is 0.827. The number of hydrogen-bond acceptors (Lipinski definition) is 4. The van der Waals surface area contributed by atoms with Crippen molar-refractivity contribution in [3.05, 3.63) is 24.5 Å². The van der Waals surface area contributed by atoms with E-state index in [1.807, 2.05) is 12.1 Å². The summed E-state index contributed by atoms with van der Waals surface area (Å²) < 4.78 is 5.24. The van der Waals surface area contributed by atoms with Gasteiger partial charge in [0, 0.05) is 24.5 Å². The maximum atomic E-state index is 5.24. The Bertz CT molecular complexity index is 579. The van der Waals surface area contributed by atoms with Gasteiger partial charge in [-0.1, -0.05) is 13.3 Å². The van der Waals surface area contributed by atoms with Gasteiger partial charge >= 0.3 is 0 Å². The Kier molecular flexibility index (Phi) is 3.23. The molecule has 2 heterocycles. The lowest BCUT2D eigenvalue weighted by Gasteiger charge is -2.40. The van der Waals surface area contributed by atoms with Crippen LogP contribution in [0.4, 0.5) is 5.82 Å². The zero-order chi connectivity index (χ0) is 13.2. The van der Waals surface area contributed by atoms with Crippen LogP contribution in [0.15, 0.2) is 24.5 Å². The first-order valence-corrected chi connectivity index (χ1v) is 6.85. The van der Waals surface area contributed by atoms with Crippen LogP contribution in [0, 0.1) is 5.92 Å². The molecule has 19 heavy (non-hydrogen) atoms. The Morgan fingerprint density at radius 2 is 2.16 bits per heavy atom. The summed E-state index contributed by atoms with van der Waals surface area (Å²) in [6.07, 6.45) is 4.22. The van der Waals surface area contributed by atoms with Crippen LogP contribution in [0.1, 0.15) is 19.8 Å². The van der Waals surface area contributed by atoms with E-state index in [4.69, 9.17) is 4.74 Å². The molecule has 0 aliphatic carbocycles. The fourth-order valence-electron chi connectivity index (χ4n) is 2.74. The fourth-order valence-corrected chi connectivity index (χ4v) is 2.74. The van der Waals surface area contributed by atoms with Crippen molar-refractivity contribution in [2.75, 3.05) is 25.1 Å². The highest BCUT2D eigenvalue weighted by Crippen LogP contribution is 2.31. The lowest BCUT2D eigenvalue weighted by atomic mass is 9.95. The second kappa shape index (κ2) is 5.03. The Morgan fingerprint density at radius 3 is 2.89 bits per heavy atom. The molecule has 0 radical (unpaired) electrons. The molecular formula is C15H19N3O. The summed E-state index contributed by atoms with van der Waals surface area (Å²) in [5.74, 6) is 2.72. The monoisotopic (exact) mass is 257 g/mol. The van der Waals surface area contributed by atoms with E-state index in [1.165, 1.54) is 12.8 Å². The van der Waals surface area contributed by atoms with Crippen LogP contribution in [0.2, 0.25) is 0 Å². The minimum Gasteiger partial charge on any atom is -0.497 e. The molecule has 100 valence electrons. The van der Waals surface area contributed by atoms with Gasteiger partial charge in [-0.3, -0.25) is 0 Å². The van der Waals surface area contributed by atoms with Crippen molar-refractivity contribution in [2.45, 2.75) is 19.8 Å². The first kappa shape index (κ1) is 12.2. The second-order valence-electron chi connectivity index (χ2n) is 5.14. The number of hydrogen-bond donors (Lipinski definition) is 0. The third-order valence-electron chi connectivity index (χ3n) is 3.78. The molecule has 1 aliphatic rings. The lowest BCUT2D eigenvalue weighted by Crippen LogP contribution is -2.47. The van der Waals surface area contributed by atoms with Gasteiger partial charge in [0.2, 0.25) is 0 Å². The van der Waals surface area contributed by atoms with E-state index in [0.717, 1.165) is 41.5 Å². The molecule has 2 aromatic rings. The topological polar surface area (TPSA) is 38.2 Å². The molecule has 3 rings (SSSR count). The van der Waals surface area contributed by atoms with Gasteiger partial charge in [-0.25, -0.2) is 9.97 Å². The van der Waals surface area contributed by atoms with Crippen LogP contribution >= 0.6 is 0 Å². The van der Waals surface area contributed by atoms with Crippen LogP contribution in [0.3, 0.4) is 0 Å². The van der Waals surface area contributed by atoms with Crippen LogP contribution in [0.5, 0.6) is 5.75 Å². The normalized spacial score (nSPS) is 15.6. The lowest BCUT2D eigenvalue weighted by molar-refractivity contribution is 0.379. The molecular weight excluding hydrogens is 238 g/mol. The molecule has 1 fully saturated rings. The highest BCUT2D eigenvalue weighted by molar-refractivity contribution is 5.90. The quantitative estimate of drug-likeness (QED) is 0.844. The van der Waals surface area contributed by atoms with Crippen molar-refractivity contribution in [2.24, 2.45) is 5.92 Å². The highest BCUT2D eigenvalue weighted by atomic mass is 16.5. The fraction of sp³-hybridized carbons (Fsp3) is 0.467. The molecule has 0 amide bonds. The second-order valence-corrected chi connectivity index (χ2v) is 5.14. The number of nitrogens with zero attached hydrogens (tertiary/aromatic N) is 3. The third kappa shape index (κ3) is 2.23. The average molecular weight is 257 g/mol. The molecule has 0 saturated carbocycles. The van der Waals surface area contributed by atoms with Gasteiger partial charge < -0.3 is 9.64 Å². The predicted octanol–water partition coefficient (Wildman–Crippen LogP) is 2.87. The molecule has 4 nitrogen and oxygen atoms in total. The maximum absolute atomic E-state index is 5.24. The van der Waals surface area contributed by atoms with E-state index in [-0.39, 0.29) is 0 Å². The molecule has 4 heteroatoms. The molecule has 0 atom stereocenters. The molecule has 0 N–H and O–H groups in total. The van der Waals surface area contributed by atoms with Gasteiger partial charge in [0.05, 0.1) is 12.6 Å². The van der Waals surface area contributed by atoms with Crippen molar-refractivity contribution in [1.29, 1.82) is 0 Å². The molecule has 0 bridgehead atoms.